The number of esters is 1. The Hall–Kier alpha value is -2.77. The number of aliphatic hydroxyl groups is 1. The van der Waals surface area contributed by atoms with E-state index < -0.39 is 5.60 Å². The van der Waals surface area contributed by atoms with Gasteiger partial charge in [0.2, 0.25) is 5.95 Å². The number of carbonyl (C=O) groups is 1. The second kappa shape index (κ2) is 11.1. The highest BCUT2D eigenvalue weighted by atomic mass is 35.5. The highest BCUT2D eigenvalue weighted by molar-refractivity contribution is 6.31. The van der Waals surface area contributed by atoms with Gasteiger partial charge in [-0.05, 0) is 37.5 Å². The van der Waals surface area contributed by atoms with Crippen LogP contribution in [0.1, 0.15) is 57.6 Å². The third-order valence-corrected chi connectivity index (χ3v) is 6.15. The summed E-state index contributed by atoms with van der Waals surface area (Å²) in [6.45, 7) is 8.02. The molecule has 3 rings (SSSR count). The molecule has 0 unspecified atom stereocenters. The molecule has 2 N–H and O–H groups in total. The van der Waals surface area contributed by atoms with Gasteiger partial charge in [-0.2, -0.15) is 0 Å². The Morgan fingerprint density at radius 2 is 1.94 bits per heavy atom. The summed E-state index contributed by atoms with van der Waals surface area (Å²) in [7, 11) is 1.59. The van der Waals surface area contributed by atoms with E-state index in [1.54, 1.807) is 13.2 Å². The quantitative estimate of drug-likeness (QED) is 0.318. The Morgan fingerprint density at radius 1 is 1.24 bits per heavy atom. The smallest absolute Gasteiger partial charge is 0.302 e. The number of hydrogen-bond donors (Lipinski definition) is 2. The number of aryl methyl sites for hydroxylation is 1. The number of nitrogens with one attached hydrogen (secondary N) is 1. The molecule has 1 aromatic heterocycles. The number of para-hydroxylation sites is 1. The fourth-order valence-corrected chi connectivity index (χ4v) is 4.78. The van der Waals surface area contributed by atoms with Crippen LogP contribution >= 0.6 is 11.6 Å². The molecule has 8 heteroatoms. The average Bonchev–Trinajstić information content (AvgIpc) is 3.12. The molecule has 3 aromatic rings. The van der Waals surface area contributed by atoms with Crippen LogP contribution in [-0.4, -0.2) is 34.3 Å². The zero-order chi connectivity index (χ0) is 24.9. The number of hydrogen-bond acceptors (Lipinski definition) is 6. The molecule has 184 valence electrons. The summed E-state index contributed by atoms with van der Waals surface area (Å²) in [6, 6.07) is 9.42. The van der Waals surface area contributed by atoms with Crippen molar-refractivity contribution in [1.29, 1.82) is 0 Å². The zero-order valence-electron chi connectivity index (χ0n) is 20.6. The minimum absolute atomic E-state index is 0.181. The molecule has 0 aliphatic carbocycles. The van der Waals surface area contributed by atoms with Gasteiger partial charge >= 0.3 is 5.97 Å². The van der Waals surface area contributed by atoms with Crippen molar-refractivity contribution in [2.24, 2.45) is 0 Å². The highest BCUT2D eigenvalue weighted by Crippen LogP contribution is 2.39. The molecule has 0 spiro atoms. The monoisotopic (exact) mass is 487 g/mol. The maximum absolute atomic E-state index is 11.7. The normalized spacial score (nSPS) is 11.6. The number of methoxy groups -OCH3 is 1. The molecule has 1 heterocycles. The van der Waals surface area contributed by atoms with E-state index in [9.17, 15) is 9.90 Å². The molecule has 0 amide bonds. The van der Waals surface area contributed by atoms with Crippen LogP contribution in [0, 0.1) is 6.92 Å². The Morgan fingerprint density at radius 3 is 2.56 bits per heavy atom. The lowest BCUT2D eigenvalue weighted by Crippen LogP contribution is -2.26. The van der Waals surface area contributed by atoms with Crippen molar-refractivity contribution in [1.82, 2.24) is 9.55 Å². The second-order valence-electron chi connectivity index (χ2n) is 8.56. The Balaban J connectivity index is 2.20. The van der Waals surface area contributed by atoms with E-state index in [4.69, 9.17) is 26.1 Å². The standard InChI is InChI=1S/C26H34ClN3O4/c1-6-11-26(32,12-7-2)20-9-8-10-21-24(20)30(13-14-34-18(4)31)25(28-21)29-23-17(3)15-19(27)16-22(23)33-5/h8-10,15-16,32H,6-7,11-14H2,1-5H3,(H,28,29). The van der Waals surface area contributed by atoms with E-state index in [0.717, 1.165) is 40.7 Å². The fraction of sp³-hybridized carbons (Fsp3) is 0.462. The maximum Gasteiger partial charge on any atom is 0.302 e. The third-order valence-electron chi connectivity index (χ3n) is 5.94. The minimum atomic E-state index is -0.979. The Bertz CT molecular complexity index is 1150. The number of fused-ring (bicyclic) bond motifs is 1. The van der Waals surface area contributed by atoms with Gasteiger partial charge in [-0.15, -0.1) is 0 Å². The van der Waals surface area contributed by atoms with Gasteiger partial charge in [0.15, 0.2) is 0 Å². The molecule has 0 aliphatic rings. The number of rotatable bonds is 11. The average molecular weight is 488 g/mol. The SMILES string of the molecule is CCCC(O)(CCC)c1cccc2nc(Nc3c(C)cc(Cl)cc3OC)n(CCOC(C)=O)c12. The topological polar surface area (TPSA) is 85.6 Å². The van der Waals surface area contributed by atoms with Gasteiger partial charge in [0.05, 0.1) is 36.0 Å². The highest BCUT2D eigenvalue weighted by Gasteiger charge is 2.31. The fourth-order valence-electron chi connectivity index (χ4n) is 4.52. The number of nitrogens with zero attached hydrogens (tertiary/aromatic N) is 2. The van der Waals surface area contributed by atoms with Crippen LogP contribution in [0.2, 0.25) is 5.02 Å². The molecule has 0 saturated carbocycles. The predicted molar refractivity (Wildman–Crippen MR) is 136 cm³/mol. The van der Waals surface area contributed by atoms with Gasteiger partial charge in [-0.25, -0.2) is 4.98 Å². The molecular formula is C26H34ClN3O4. The van der Waals surface area contributed by atoms with Gasteiger partial charge in [-0.1, -0.05) is 50.4 Å². The Labute approximate surface area is 206 Å². The summed E-state index contributed by atoms with van der Waals surface area (Å²) in [5, 5.41) is 15.7. The number of carbonyl (C=O) groups excluding carboxylic acids is 1. The molecule has 2 aromatic carbocycles. The number of aromatic nitrogens is 2. The van der Waals surface area contributed by atoms with Crippen molar-refractivity contribution >= 4 is 40.2 Å². The van der Waals surface area contributed by atoms with Crippen molar-refractivity contribution in [3.05, 3.63) is 46.5 Å². The Kier molecular flexibility index (Phi) is 8.44. The summed E-state index contributed by atoms with van der Waals surface area (Å²) < 4.78 is 12.8. The molecule has 7 nitrogen and oxygen atoms in total. The molecular weight excluding hydrogens is 454 g/mol. The summed E-state index contributed by atoms with van der Waals surface area (Å²) in [5.74, 6) is 0.814. The molecule has 0 atom stereocenters. The lowest BCUT2D eigenvalue weighted by Gasteiger charge is -2.29. The van der Waals surface area contributed by atoms with E-state index >= 15 is 0 Å². The predicted octanol–water partition coefficient (Wildman–Crippen LogP) is 6.10. The van der Waals surface area contributed by atoms with Gasteiger partial charge in [-0.3, -0.25) is 4.79 Å². The second-order valence-corrected chi connectivity index (χ2v) is 8.99. The van der Waals surface area contributed by atoms with E-state index in [2.05, 4.69) is 19.2 Å². The summed E-state index contributed by atoms with van der Waals surface area (Å²) in [6.07, 6.45) is 2.98. The molecule has 0 bridgehead atoms. The largest absolute Gasteiger partial charge is 0.495 e. The molecule has 34 heavy (non-hydrogen) atoms. The van der Waals surface area contributed by atoms with E-state index in [1.165, 1.54) is 6.92 Å². The van der Waals surface area contributed by atoms with Gasteiger partial charge in [0.25, 0.3) is 0 Å². The first-order valence-corrected chi connectivity index (χ1v) is 12.1. The van der Waals surface area contributed by atoms with Gasteiger partial charge in [0.1, 0.15) is 12.4 Å². The summed E-state index contributed by atoms with van der Waals surface area (Å²) in [5.41, 5.74) is 3.07. The molecule has 0 saturated heterocycles. The lowest BCUT2D eigenvalue weighted by molar-refractivity contribution is -0.141. The zero-order valence-corrected chi connectivity index (χ0v) is 21.3. The third kappa shape index (κ3) is 5.47. The number of ether oxygens (including phenoxy) is 2. The van der Waals surface area contributed by atoms with E-state index in [0.29, 0.717) is 36.1 Å². The molecule has 0 radical (unpaired) electrons. The lowest BCUT2D eigenvalue weighted by atomic mass is 9.84. The van der Waals surface area contributed by atoms with Crippen LogP contribution in [0.25, 0.3) is 11.0 Å². The number of imidazole rings is 1. The summed E-state index contributed by atoms with van der Waals surface area (Å²) in [4.78, 5) is 16.3. The van der Waals surface area contributed by atoms with Crippen LogP contribution in [-0.2, 0) is 21.7 Å². The first kappa shape index (κ1) is 25.8. The van der Waals surface area contributed by atoms with E-state index in [-0.39, 0.29) is 12.6 Å². The number of benzene rings is 2. The van der Waals surface area contributed by atoms with Crippen LogP contribution in [0.15, 0.2) is 30.3 Å². The van der Waals surface area contributed by atoms with Gasteiger partial charge in [0, 0.05) is 23.6 Å². The van der Waals surface area contributed by atoms with Crippen LogP contribution < -0.4 is 10.1 Å². The van der Waals surface area contributed by atoms with Crippen molar-refractivity contribution in [2.45, 2.75) is 65.5 Å². The van der Waals surface area contributed by atoms with Gasteiger partial charge < -0.3 is 24.5 Å². The van der Waals surface area contributed by atoms with Crippen LogP contribution in [0.4, 0.5) is 11.6 Å². The summed E-state index contributed by atoms with van der Waals surface area (Å²) >= 11 is 6.22. The van der Waals surface area contributed by atoms with E-state index in [1.807, 2.05) is 35.8 Å². The minimum Gasteiger partial charge on any atom is -0.495 e. The number of anilines is 2. The first-order valence-electron chi connectivity index (χ1n) is 11.7. The number of halogens is 1. The van der Waals surface area contributed by atoms with Crippen LogP contribution in [0.3, 0.4) is 0 Å². The first-order chi connectivity index (χ1) is 16.2. The maximum atomic E-state index is 11.7. The van der Waals surface area contributed by atoms with Crippen molar-refractivity contribution < 1.29 is 19.4 Å². The molecule has 0 fully saturated rings. The van der Waals surface area contributed by atoms with Crippen molar-refractivity contribution in [2.75, 3.05) is 19.0 Å². The van der Waals surface area contributed by atoms with Crippen LogP contribution in [0.5, 0.6) is 5.75 Å². The van der Waals surface area contributed by atoms with Crippen molar-refractivity contribution in [3.63, 3.8) is 0 Å². The van der Waals surface area contributed by atoms with Crippen molar-refractivity contribution in [3.8, 4) is 5.75 Å². The molecule has 0 aliphatic heterocycles.